The minimum atomic E-state index is -0.0325. The molecule has 6 heteroatoms. The summed E-state index contributed by atoms with van der Waals surface area (Å²) in [6.07, 6.45) is 2.19. The van der Waals surface area contributed by atoms with E-state index in [1.165, 1.54) is 11.0 Å². The van der Waals surface area contributed by atoms with Gasteiger partial charge in [-0.1, -0.05) is 6.08 Å². The van der Waals surface area contributed by atoms with Gasteiger partial charge in [-0.15, -0.1) is 6.58 Å². The first-order valence-corrected chi connectivity index (χ1v) is 4.93. The van der Waals surface area contributed by atoms with E-state index in [1.807, 2.05) is 0 Å². The molecule has 1 aromatic rings. The lowest BCUT2D eigenvalue weighted by Gasteiger charge is -2.14. The lowest BCUT2D eigenvalue weighted by molar-refractivity contribution is -0.117. The van der Waals surface area contributed by atoms with Crippen molar-refractivity contribution >= 4 is 23.5 Å². The Morgan fingerprint density at radius 1 is 1.44 bits per heavy atom. The molecule has 0 saturated carbocycles. The van der Waals surface area contributed by atoms with Crippen LogP contribution in [0, 0.1) is 5.92 Å². The Kier molecular flexibility index (Phi) is 2.47. The number of anilines is 3. The maximum Gasteiger partial charge on any atom is 0.236 e. The number of nitrogen functional groups attached to an aromatic ring is 2. The van der Waals surface area contributed by atoms with Gasteiger partial charge in [0.1, 0.15) is 11.6 Å². The van der Waals surface area contributed by atoms with Crippen LogP contribution in [0.1, 0.15) is 6.42 Å². The zero-order chi connectivity index (χ0) is 11.7. The standard InChI is InChI=1S/C10H13N5O/c1-2-6-3-9(16)15(5-6)10-13-7(11)4-8(12)14-10/h2,4,6H,1,3,5H2,(H4,11,12,13,14). The molecule has 0 radical (unpaired) electrons. The van der Waals surface area contributed by atoms with Gasteiger partial charge >= 0.3 is 0 Å². The summed E-state index contributed by atoms with van der Waals surface area (Å²) >= 11 is 0. The van der Waals surface area contributed by atoms with E-state index in [0.717, 1.165) is 0 Å². The number of hydrogen-bond donors (Lipinski definition) is 2. The van der Waals surface area contributed by atoms with Crippen molar-refractivity contribution in [2.45, 2.75) is 6.42 Å². The molecule has 2 rings (SSSR count). The van der Waals surface area contributed by atoms with E-state index in [4.69, 9.17) is 11.5 Å². The Morgan fingerprint density at radius 3 is 2.56 bits per heavy atom. The molecule has 1 amide bonds. The molecule has 1 saturated heterocycles. The zero-order valence-electron chi connectivity index (χ0n) is 8.76. The monoisotopic (exact) mass is 219 g/mol. The summed E-state index contributed by atoms with van der Waals surface area (Å²) in [5.41, 5.74) is 11.1. The Hall–Kier alpha value is -2.11. The molecule has 84 valence electrons. The van der Waals surface area contributed by atoms with Crippen LogP contribution in [0.3, 0.4) is 0 Å². The van der Waals surface area contributed by atoms with Crippen LogP contribution in [0.25, 0.3) is 0 Å². The maximum absolute atomic E-state index is 11.7. The van der Waals surface area contributed by atoms with Crippen LogP contribution in [-0.2, 0) is 4.79 Å². The number of rotatable bonds is 2. The topological polar surface area (TPSA) is 98.1 Å². The van der Waals surface area contributed by atoms with Crippen molar-refractivity contribution in [2.75, 3.05) is 22.9 Å². The van der Waals surface area contributed by atoms with Gasteiger partial charge in [-0.25, -0.2) is 0 Å². The van der Waals surface area contributed by atoms with Crippen LogP contribution in [-0.4, -0.2) is 22.4 Å². The third kappa shape index (κ3) is 1.81. The molecule has 1 aliphatic heterocycles. The van der Waals surface area contributed by atoms with Crippen molar-refractivity contribution < 1.29 is 4.79 Å². The normalized spacial score (nSPS) is 20.1. The summed E-state index contributed by atoms with van der Waals surface area (Å²) in [4.78, 5) is 21.2. The third-order valence-corrected chi connectivity index (χ3v) is 2.48. The summed E-state index contributed by atoms with van der Waals surface area (Å²) in [6, 6.07) is 1.45. The van der Waals surface area contributed by atoms with E-state index in [-0.39, 0.29) is 29.4 Å². The summed E-state index contributed by atoms with van der Waals surface area (Å²) in [6.45, 7) is 4.20. The van der Waals surface area contributed by atoms with Gasteiger partial charge in [-0.3, -0.25) is 9.69 Å². The molecular weight excluding hydrogens is 206 g/mol. The van der Waals surface area contributed by atoms with Crippen LogP contribution in [0.2, 0.25) is 0 Å². The molecule has 1 aliphatic rings. The second kappa shape index (κ2) is 3.80. The number of nitrogens with two attached hydrogens (primary N) is 2. The molecule has 2 heterocycles. The van der Waals surface area contributed by atoms with Crippen molar-refractivity contribution in [2.24, 2.45) is 5.92 Å². The molecule has 1 aromatic heterocycles. The van der Waals surface area contributed by atoms with E-state index < -0.39 is 0 Å². The van der Waals surface area contributed by atoms with Crippen molar-refractivity contribution in [1.82, 2.24) is 9.97 Å². The average Bonchev–Trinajstić information content (AvgIpc) is 2.58. The summed E-state index contributed by atoms with van der Waals surface area (Å²) in [7, 11) is 0. The maximum atomic E-state index is 11.7. The molecule has 4 N–H and O–H groups in total. The van der Waals surface area contributed by atoms with Crippen molar-refractivity contribution in [3.63, 3.8) is 0 Å². The van der Waals surface area contributed by atoms with Crippen LogP contribution >= 0.6 is 0 Å². The lowest BCUT2D eigenvalue weighted by atomic mass is 10.1. The van der Waals surface area contributed by atoms with Crippen LogP contribution in [0.5, 0.6) is 0 Å². The number of carbonyl (C=O) groups excluding carboxylic acids is 1. The quantitative estimate of drug-likeness (QED) is 0.691. The Balaban J connectivity index is 2.30. The summed E-state index contributed by atoms with van der Waals surface area (Å²) in [5, 5.41) is 0. The molecule has 0 bridgehead atoms. The van der Waals surface area contributed by atoms with Crippen LogP contribution in [0.15, 0.2) is 18.7 Å². The zero-order valence-corrected chi connectivity index (χ0v) is 8.76. The highest BCUT2D eigenvalue weighted by atomic mass is 16.2. The first-order valence-electron chi connectivity index (χ1n) is 4.93. The highest BCUT2D eigenvalue weighted by Gasteiger charge is 2.30. The van der Waals surface area contributed by atoms with Crippen molar-refractivity contribution in [3.05, 3.63) is 18.7 Å². The third-order valence-electron chi connectivity index (χ3n) is 2.48. The number of aromatic nitrogens is 2. The second-order valence-electron chi connectivity index (χ2n) is 3.72. The van der Waals surface area contributed by atoms with Gasteiger partial charge in [-0.2, -0.15) is 9.97 Å². The van der Waals surface area contributed by atoms with E-state index in [2.05, 4.69) is 16.5 Å². The minimum absolute atomic E-state index is 0.0325. The van der Waals surface area contributed by atoms with Gasteiger partial charge in [0.05, 0.1) is 0 Å². The van der Waals surface area contributed by atoms with Gasteiger partial charge in [-0.05, 0) is 0 Å². The number of carbonyl (C=O) groups is 1. The number of hydrogen-bond acceptors (Lipinski definition) is 5. The Labute approximate surface area is 93.0 Å². The minimum Gasteiger partial charge on any atom is -0.383 e. The van der Waals surface area contributed by atoms with Crippen LogP contribution in [0.4, 0.5) is 17.6 Å². The fourth-order valence-corrected chi connectivity index (χ4v) is 1.68. The van der Waals surface area contributed by atoms with Gasteiger partial charge < -0.3 is 11.5 Å². The highest BCUT2D eigenvalue weighted by molar-refractivity contribution is 5.94. The fraction of sp³-hybridized carbons (Fsp3) is 0.300. The molecule has 0 aromatic carbocycles. The van der Waals surface area contributed by atoms with Crippen molar-refractivity contribution in [1.29, 1.82) is 0 Å². The smallest absolute Gasteiger partial charge is 0.236 e. The van der Waals surface area contributed by atoms with Gasteiger partial charge in [0.15, 0.2) is 0 Å². The number of nitrogens with zero attached hydrogens (tertiary/aromatic N) is 3. The molecule has 6 nitrogen and oxygen atoms in total. The lowest BCUT2D eigenvalue weighted by Crippen LogP contribution is -2.27. The molecular formula is C10H13N5O. The summed E-state index contributed by atoms with van der Waals surface area (Å²) in [5.74, 6) is 0.898. The molecule has 16 heavy (non-hydrogen) atoms. The Morgan fingerprint density at radius 2 is 2.06 bits per heavy atom. The Bertz CT molecular complexity index is 425. The fourth-order valence-electron chi connectivity index (χ4n) is 1.68. The van der Waals surface area contributed by atoms with Gasteiger partial charge in [0, 0.05) is 24.9 Å². The first-order chi connectivity index (χ1) is 7.60. The van der Waals surface area contributed by atoms with Gasteiger partial charge in [0.25, 0.3) is 0 Å². The average molecular weight is 219 g/mol. The molecule has 0 aliphatic carbocycles. The predicted molar refractivity (Wildman–Crippen MR) is 61.5 cm³/mol. The molecule has 1 atom stereocenters. The molecule has 0 spiro atoms. The largest absolute Gasteiger partial charge is 0.383 e. The van der Waals surface area contributed by atoms with E-state index in [9.17, 15) is 4.79 Å². The second-order valence-corrected chi connectivity index (χ2v) is 3.72. The van der Waals surface area contributed by atoms with Crippen molar-refractivity contribution in [3.8, 4) is 0 Å². The molecule has 1 unspecified atom stereocenters. The van der Waals surface area contributed by atoms with E-state index in [0.29, 0.717) is 13.0 Å². The van der Waals surface area contributed by atoms with Crippen LogP contribution < -0.4 is 16.4 Å². The number of amides is 1. The van der Waals surface area contributed by atoms with Gasteiger partial charge in [0.2, 0.25) is 11.9 Å². The van der Waals surface area contributed by atoms with E-state index in [1.54, 1.807) is 6.08 Å². The highest BCUT2D eigenvalue weighted by Crippen LogP contribution is 2.23. The molecule has 1 fully saturated rings. The SMILES string of the molecule is C=CC1CC(=O)N(c2nc(N)cc(N)n2)C1. The summed E-state index contributed by atoms with van der Waals surface area (Å²) < 4.78 is 0. The first kappa shape index (κ1) is 10.4. The van der Waals surface area contributed by atoms with E-state index >= 15 is 0 Å². The predicted octanol–water partition coefficient (Wildman–Crippen LogP) is 0.180.